The van der Waals surface area contributed by atoms with Gasteiger partial charge in [-0.05, 0) is 19.9 Å². The predicted molar refractivity (Wildman–Crippen MR) is 96.5 cm³/mol. The van der Waals surface area contributed by atoms with Gasteiger partial charge in [0, 0.05) is 11.1 Å². The van der Waals surface area contributed by atoms with Gasteiger partial charge in [0.1, 0.15) is 36.4 Å². The van der Waals surface area contributed by atoms with Gasteiger partial charge in [-0.1, -0.05) is 24.8 Å². The third kappa shape index (κ3) is 4.38. The van der Waals surface area contributed by atoms with Crippen molar-refractivity contribution in [1.29, 1.82) is 5.26 Å². The van der Waals surface area contributed by atoms with Crippen LogP contribution >= 0.6 is 0 Å². The molecule has 0 amide bonds. The van der Waals surface area contributed by atoms with Crippen molar-refractivity contribution < 1.29 is 28.2 Å². The maximum Gasteiger partial charge on any atom is 0.338 e. The average Bonchev–Trinajstić information content (AvgIpc) is 2.64. The fourth-order valence-electron chi connectivity index (χ4n) is 2.64. The number of hydrogen-bond acceptors (Lipinski definition) is 7. The van der Waals surface area contributed by atoms with Gasteiger partial charge in [-0.25, -0.2) is 14.0 Å². The summed E-state index contributed by atoms with van der Waals surface area (Å²) in [6.45, 7) is 5.97. The van der Waals surface area contributed by atoms with Crippen LogP contribution in [0.5, 0.6) is 0 Å². The topological polar surface area (TPSA) is 112 Å². The van der Waals surface area contributed by atoms with E-state index in [1.807, 2.05) is 6.07 Å². The van der Waals surface area contributed by atoms with Crippen LogP contribution in [0, 0.1) is 17.1 Å². The minimum atomic E-state index is -1.08. The van der Waals surface area contributed by atoms with Gasteiger partial charge in [-0.15, -0.1) is 0 Å². The van der Waals surface area contributed by atoms with Crippen molar-refractivity contribution in [3.8, 4) is 6.07 Å². The Labute approximate surface area is 161 Å². The summed E-state index contributed by atoms with van der Waals surface area (Å²) < 4.78 is 29.7. The lowest BCUT2D eigenvalue weighted by Gasteiger charge is -2.27. The molecule has 2 rings (SSSR count). The Hall–Kier alpha value is -3.60. The van der Waals surface area contributed by atoms with E-state index in [9.17, 15) is 19.2 Å². The fourth-order valence-corrected chi connectivity index (χ4v) is 2.64. The third-order valence-corrected chi connectivity index (χ3v) is 3.94. The van der Waals surface area contributed by atoms with Gasteiger partial charge in [0.2, 0.25) is 5.88 Å². The highest BCUT2D eigenvalue weighted by Crippen LogP contribution is 2.40. The molecule has 1 aromatic carbocycles. The first-order chi connectivity index (χ1) is 13.3. The molecular weight excluding hydrogens is 367 g/mol. The van der Waals surface area contributed by atoms with Crippen LogP contribution in [0.25, 0.3) is 0 Å². The maximum atomic E-state index is 14.4. The van der Waals surface area contributed by atoms with E-state index < -0.39 is 23.7 Å². The number of rotatable bonds is 6. The van der Waals surface area contributed by atoms with E-state index in [2.05, 4.69) is 6.58 Å². The molecule has 1 aliphatic heterocycles. The molecule has 1 aromatic rings. The molecule has 0 fully saturated rings. The standard InChI is InChI=1S/C20H19FN2O5/c1-11(2)19(24)26-8-9-27-20(25)16-12(3)28-18(23)14(10-22)17(16)13-6-4-5-7-15(13)21/h4-7,17H,1,8-9,23H2,2-3H3. The Morgan fingerprint density at radius 2 is 1.96 bits per heavy atom. The van der Waals surface area contributed by atoms with E-state index in [0.29, 0.717) is 0 Å². The van der Waals surface area contributed by atoms with Crippen LogP contribution in [0.15, 0.2) is 59.2 Å². The molecule has 1 aliphatic rings. The highest BCUT2D eigenvalue weighted by Gasteiger charge is 2.37. The Balaban J connectivity index is 2.27. The number of esters is 2. The van der Waals surface area contributed by atoms with Gasteiger partial charge < -0.3 is 19.9 Å². The summed E-state index contributed by atoms with van der Waals surface area (Å²) in [6, 6.07) is 7.60. The molecule has 146 valence electrons. The largest absolute Gasteiger partial charge is 0.459 e. The number of benzene rings is 1. The number of nitrogens with zero attached hydrogens (tertiary/aromatic N) is 1. The highest BCUT2D eigenvalue weighted by molar-refractivity contribution is 5.92. The van der Waals surface area contributed by atoms with Gasteiger partial charge in [0.15, 0.2) is 0 Å². The summed E-state index contributed by atoms with van der Waals surface area (Å²) in [7, 11) is 0. The number of ether oxygens (including phenoxy) is 3. The van der Waals surface area contributed by atoms with Crippen LogP contribution in [-0.4, -0.2) is 25.2 Å². The van der Waals surface area contributed by atoms with Crippen molar-refractivity contribution in [3.63, 3.8) is 0 Å². The lowest BCUT2D eigenvalue weighted by Crippen LogP contribution is -2.27. The summed E-state index contributed by atoms with van der Waals surface area (Å²) in [5, 5.41) is 9.47. The minimum Gasteiger partial charge on any atom is -0.459 e. The van der Waals surface area contributed by atoms with E-state index >= 15 is 0 Å². The Morgan fingerprint density at radius 1 is 1.32 bits per heavy atom. The average molecular weight is 386 g/mol. The zero-order valence-electron chi connectivity index (χ0n) is 15.5. The first-order valence-electron chi connectivity index (χ1n) is 8.30. The number of halogens is 1. The number of nitrogens with two attached hydrogens (primary N) is 1. The highest BCUT2D eigenvalue weighted by atomic mass is 19.1. The molecule has 0 saturated carbocycles. The zero-order valence-corrected chi connectivity index (χ0v) is 15.5. The number of hydrogen-bond donors (Lipinski definition) is 1. The Morgan fingerprint density at radius 3 is 2.57 bits per heavy atom. The quantitative estimate of drug-likeness (QED) is 0.454. The number of carbonyl (C=O) groups excluding carboxylic acids is 2. The second-order valence-corrected chi connectivity index (χ2v) is 5.97. The van der Waals surface area contributed by atoms with E-state index in [-0.39, 0.29) is 47.1 Å². The summed E-state index contributed by atoms with van der Waals surface area (Å²) in [5.74, 6) is -3.25. The first-order valence-corrected chi connectivity index (χ1v) is 8.30. The monoisotopic (exact) mass is 386 g/mol. The minimum absolute atomic E-state index is 0.0536. The zero-order chi connectivity index (χ0) is 20.8. The molecule has 1 heterocycles. The summed E-state index contributed by atoms with van der Waals surface area (Å²) in [4.78, 5) is 24.0. The normalized spacial score (nSPS) is 16.1. The van der Waals surface area contributed by atoms with Crippen LogP contribution in [-0.2, 0) is 23.8 Å². The summed E-state index contributed by atoms with van der Waals surface area (Å²) in [6.07, 6.45) is 0. The molecule has 1 atom stereocenters. The molecule has 0 saturated heterocycles. The first kappa shape index (κ1) is 20.7. The van der Waals surface area contributed by atoms with Crippen LogP contribution in [0.1, 0.15) is 25.3 Å². The second kappa shape index (κ2) is 8.86. The van der Waals surface area contributed by atoms with Crippen molar-refractivity contribution in [2.24, 2.45) is 5.73 Å². The molecule has 7 nitrogen and oxygen atoms in total. The van der Waals surface area contributed by atoms with E-state index in [1.165, 1.54) is 32.0 Å². The second-order valence-electron chi connectivity index (χ2n) is 5.97. The molecule has 0 radical (unpaired) electrons. The molecular formula is C20H19FN2O5. The maximum absolute atomic E-state index is 14.4. The smallest absolute Gasteiger partial charge is 0.338 e. The molecule has 28 heavy (non-hydrogen) atoms. The van der Waals surface area contributed by atoms with Crippen molar-refractivity contribution in [3.05, 3.63) is 70.6 Å². The SMILES string of the molecule is C=C(C)C(=O)OCCOC(=O)C1=C(C)OC(N)=C(C#N)C1c1ccccc1F. The predicted octanol–water partition coefficient (Wildman–Crippen LogP) is 2.57. The fraction of sp³-hybridized carbons (Fsp3) is 0.250. The van der Waals surface area contributed by atoms with Crippen LogP contribution in [0.3, 0.4) is 0 Å². The molecule has 0 aromatic heterocycles. The molecule has 0 aliphatic carbocycles. The van der Waals surface area contributed by atoms with Gasteiger partial charge in [-0.2, -0.15) is 5.26 Å². The van der Waals surface area contributed by atoms with Crippen molar-refractivity contribution in [1.82, 2.24) is 0 Å². The Bertz CT molecular complexity index is 927. The third-order valence-electron chi connectivity index (χ3n) is 3.94. The molecule has 2 N–H and O–H groups in total. The summed E-state index contributed by atoms with van der Waals surface area (Å²) in [5.41, 5.74) is 5.91. The molecule has 1 unspecified atom stereocenters. The Kier molecular flexibility index (Phi) is 6.55. The molecule has 8 heteroatoms. The van der Waals surface area contributed by atoms with Gasteiger partial charge >= 0.3 is 11.9 Å². The number of allylic oxidation sites excluding steroid dienone is 2. The van der Waals surface area contributed by atoms with E-state index in [4.69, 9.17) is 19.9 Å². The van der Waals surface area contributed by atoms with Crippen molar-refractivity contribution >= 4 is 11.9 Å². The van der Waals surface area contributed by atoms with Crippen LogP contribution < -0.4 is 5.73 Å². The van der Waals surface area contributed by atoms with Crippen LogP contribution in [0.2, 0.25) is 0 Å². The van der Waals surface area contributed by atoms with E-state index in [1.54, 1.807) is 6.07 Å². The van der Waals surface area contributed by atoms with Gasteiger partial charge in [0.25, 0.3) is 0 Å². The summed E-state index contributed by atoms with van der Waals surface area (Å²) >= 11 is 0. The van der Waals surface area contributed by atoms with Gasteiger partial charge in [0.05, 0.1) is 11.5 Å². The molecule has 0 bridgehead atoms. The lowest BCUT2D eigenvalue weighted by atomic mass is 9.83. The van der Waals surface area contributed by atoms with Crippen LogP contribution in [0.4, 0.5) is 4.39 Å². The number of nitriles is 1. The van der Waals surface area contributed by atoms with Crippen molar-refractivity contribution in [2.45, 2.75) is 19.8 Å². The van der Waals surface area contributed by atoms with Crippen molar-refractivity contribution in [2.75, 3.05) is 13.2 Å². The lowest BCUT2D eigenvalue weighted by molar-refractivity contribution is -0.147. The van der Waals surface area contributed by atoms with E-state index in [0.717, 1.165) is 0 Å². The van der Waals surface area contributed by atoms with Gasteiger partial charge in [-0.3, -0.25) is 0 Å². The number of carbonyl (C=O) groups is 2. The molecule has 0 spiro atoms.